The van der Waals surface area contributed by atoms with Gasteiger partial charge in [-0.25, -0.2) is 0 Å². The van der Waals surface area contributed by atoms with Crippen LogP contribution in [0.3, 0.4) is 0 Å². The van der Waals surface area contributed by atoms with E-state index in [9.17, 15) is 5.11 Å². The molecule has 1 aromatic rings. The molecule has 1 saturated carbocycles. The highest BCUT2D eigenvalue weighted by Crippen LogP contribution is 2.32. The lowest BCUT2D eigenvalue weighted by Crippen LogP contribution is -1.98. The minimum absolute atomic E-state index is 0.333. The van der Waals surface area contributed by atoms with Gasteiger partial charge in [-0.3, -0.25) is 0 Å². The Balaban J connectivity index is 1.85. The van der Waals surface area contributed by atoms with E-state index in [4.69, 9.17) is 4.74 Å². The van der Waals surface area contributed by atoms with Crippen molar-refractivity contribution in [1.82, 2.24) is 0 Å². The maximum absolute atomic E-state index is 9.31. The van der Waals surface area contributed by atoms with Gasteiger partial charge in [0, 0.05) is 0 Å². The summed E-state index contributed by atoms with van der Waals surface area (Å²) in [4.78, 5) is 0. The van der Waals surface area contributed by atoms with Crippen LogP contribution >= 0.6 is 0 Å². The van der Waals surface area contributed by atoms with Crippen LogP contribution in [0.2, 0.25) is 0 Å². The number of benzene rings is 1. The third kappa shape index (κ3) is 2.41. The Labute approximate surface area is 84.5 Å². The largest absolute Gasteiger partial charge is 0.508 e. The summed E-state index contributed by atoms with van der Waals surface area (Å²) in [6.45, 7) is 2.68. The van der Waals surface area contributed by atoms with Crippen molar-refractivity contribution in [2.24, 2.45) is 5.92 Å². The SMILES string of the molecule is Cc1cc(OCCC2CC2)ccc1O. The van der Waals surface area contributed by atoms with E-state index in [0.717, 1.165) is 23.8 Å². The first-order chi connectivity index (χ1) is 6.75. The molecule has 0 heterocycles. The number of phenols is 1. The summed E-state index contributed by atoms with van der Waals surface area (Å²) in [5.74, 6) is 2.11. The van der Waals surface area contributed by atoms with Crippen molar-refractivity contribution in [1.29, 1.82) is 0 Å². The zero-order valence-electron chi connectivity index (χ0n) is 8.49. The Kier molecular flexibility index (Phi) is 2.62. The second-order valence-corrected chi connectivity index (χ2v) is 4.03. The first-order valence-electron chi connectivity index (χ1n) is 5.18. The lowest BCUT2D eigenvalue weighted by atomic mass is 10.2. The Morgan fingerprint density at radius 3 is 2.86 bits per heavy atom. The van der Waals surface area contributed by atoms with Gasteiger partial charge in [0.2, 0.25) is 0 Å². The summed E-state index contributed by atoms with van der Waals surface area (Å²) >= 11 is 0. The molecule has 2 heteroatoms. The topological polar surface area (TPSA) is 29.5 Å². The predicted molar refractivity (Wildman–Crippen MR) is 55.7 cm³/mol. The quantitative estimate of drug-likeness (QED) is 0.794. The summed E-state index contributed by atoms with van der Waals surface area (Å²) in [5.41, 5.74) is 0.869. The van der Waals surface area contributed by atoms with Gasteiger partial charge in [0.15, 0.2) is 0 Å². The lowest BCUT2D eigenvalue weighted by Gasteiger charge is -2.06. The molecule has 0 unspecified atom stereocenters. The second kappa shape index (κ2) is 3.91. The molecule has 2 rings (SSSR count). The molecule has 1 aromatic carbocycles. The highest BCUT2D eigenvalue weighted by Gasteiger charge is 2.20. The van der Waals surface area contributed by atoms with E-state index in [-0.39, 0.29) is 0 Å². The smallest absolute Gasteiger partial charge is 0.119 e. The second-order valence-electron chi connectivity index (χ2n) is 4.03. The molecular weight excluding hydrogens is 176 g/mol. The lowest BCUT2D eigenvalue weighted by molar-refractivity contribution is 0.301. The normalized spacial score (nSPS) is 15.5. The summed E-state index contributed by atoms with van der Waals surface area (Å²) < 4.78 is 5.58. The van der Waals surface area contributed by atoms with E-state index >= 15 is 0 Å². The van der Waals surface area contributed by atoms with Crippen molar-refractivity contribution >= 4 is 0 Å². The zero-order chi connectivity index (χ0) is 9.97. The number of aryl methyl sites for hydroxylation is 1. The number of ether oxygens (including phenoxy) is 1. The Morgan fingerprint density at radius 2 is 2.21 bits per heavy atom. The van der Waals surface area contributed by atoms with E-state index in [1.807, 2.05) is 19.1 Å². The standard InChI is InChI=1S/C12H16O2/c1-9-8-11(4-5-12(9)13)14-7-6-10-2-3-10/h4-5,8,10,13H,2-3,6-7H2,1H3. The van der Waals surface area contributed by atoms with E-state index < -0.39 is 0 Å². The molecular formula is C12H16O2. The zero-order valence-corrected chi connectivity index (χ0v) is 8.49. The van der Waals surface area contributed by atoms with Gasteiger partial charge in [-0.1, -0.05) is 12.8 Å². The molecule has 1 aliphatic carbocycles. The first kappa shape index (κ1) is 9.38. The molecule has 1 N–H and O–H groups in total. The summed E-state index contributed by atoms with van der Waals surface area (Å²) in [7, 11) is 0. The maximum atomic E-state index is 9.31. The molecule has 0 atom stereocenters. The molecule has 0 aliphatic heterocycles. The molecule has 0 saturated heterocycles. The molecule has 0 aromatic heterocycles. The minimum Gasteiger partial charge on any atom is -0.508 e. The van der Waals surface area contributed by atoms with Crippen LogP contribution in [-0.2, 0) is 0 Å². The monoisotopic (exact) mass is 192 g/mol. The van der Waals surface area contributed by atoms with Crippen LogP contribution in [0.4, 0.5) is 0 Å². The molecule has 76 valence electrons. The van der Waals surface area contributed by atoms with E-state index in [1.54, 1.807) is 6.07 Å². The third-order valence-corrected chi connectivity index (χ3v) is 2.66. The van der Waals surface area contributed by atoms with Gasteiger partial charge in [-0.2, -0.15) is 0 Å². The minimum atomic E-state index is 0.333. The molecule has 2 nitrogen and oxygen atoms in total. The Bertz CT molecular complexity index is 316. The fourth-order valence-electron chi connectivity index (χ4n) is 1.47. The fraction of sp³-hybridized carbons (Fsp3) is 0.500. The van der Waals surface area contributed by atoms with Gasteiger partial charge >= 0.3 is 0 Å². The van der Waals surface area contributed by atoms with E-state index in [2.05, 4.69) is 0 Å². The van der Waals surface area contributed by atoms with Crippen LogP contribution in [0.1, 0.15) is 24.8 Å². The van der Waals surface area contributed by atoms with Gasteiger partial charge in [0.25, 0.3) is 0 Å². The van der Waals surface area contributed by atoms with Gasteiger partial charge in [-0.05, 0) is 43.0 Å². The molecule has 0 bridgehead atoms. The van der Waals surface area contributed by atoms with E-state index in [0.29, 0.717) is 5.75 Å². The van der Waals surface area contributed by atoms with Crippen LogP contribution in [0.5, 0.6) is 11.5 Å². The predicted octanol–water partition coefficient (Wildman–Crippen LogP) is 2.88. The summed E-state index contributed by atoms with van der Waals surface area (Å²) in [6.07, 6.45) is 3.91. The van der Waals surface area contributed by atoms with Crippen molar-refractivity contribution in [2.75, 3.05) is 6.61 Å². The van der Waals surface area contributed by atoms with Crippen LogP contribution in [0, 0.1) is 12.8 Å². The first-order valence-corrected chi connectivity index (χ1v) is 5.18. The average molecular weight is 192 g/mol. The number of phenolic OH excluding ortho intramolecular Hbond substituents is 1. The van der Waals surface area contributed by atoms with Crippen molar-refractivity contribution in [3.63, 3.8) is 0 Å². The highest BCUT2D eigenvalue weighted by atomic mass is 16.5. The average Bonchev–Trinajstić information content (AvgIpc) is 2.95. The van der Waals surface area contributed by atoms with Crippen molar-refractivity contribution in [2.45, 2.75) is 26.2 Å². The van der Waals surface area contributed by atoms with Gasteiger partial charge in [-0.15, -0.1) is 0 Å². The third-order valence-electron chi connectivity index (χ3n) is 2.66. The van der Waals surface area contributed by atoms with Gasteiger partial charge in [0.05, 0.1) is 6.61 Å². The highest BCUT2D eigenvalue weighted by molar-refractivity contribution is 5.38. The number of rotatable bonds is 4. The molecule has 1 fully saturated rings. The summed E-state index contributed by atoms with van der Waals surface area (Å²) in [6, 6.07) is 5.37. The van der Waals surface area contributed by atoms with Crippen LogP contribution in [-0.4, -0.2) is 11.7 Å². The molecule has 0 spiro atoms. The van der Waals surface area contributed by atoms with Gasteiger partial charge < -0.3 is 9.84 Å². The summed E-state index contributed by atoms with van der Waals surface area (Å²) in [5, 5.41) is 9.31. The number of hydrogen-bond donors (Lipinski definition) is 1. The molecule has 1 aliphatic rings. The fourth-order valence-corrected chi connectivity index (χ4v) is 1.47. The van der Waals surface area contributed by atoms with Crippen molar-refractivity contribution in [3.05, 3.63) is 23.8 Å². The number of hydrogen-bond acceptors (Lipinski definition) is 2. The van der Waals surface area contributed by atoms with Crippen molar-refractivity contribution < 1.29 is 9.84 Å². The molecule has 0 amide bonds. The molecule has 14 heavy (non-hydrogen) atoms. The van der Waals surface area contributed by atoms with Crippen LogP contribution in [0.25, 0.3) is 0 Å². The Hall–Kier alpha value is -1.18. The van der Waals surface area contributed by atoms with E-state index in [1.165, 1.54) is 19.3 Å². The molecule has 0 radical (unpaired) electrons. The van der Waals surface area contributed by atoms with Crippen LogP contribution < -0.4 is 4.74 Å². The van der Waals surface area contributed by atoms with Crippen LogP contribution in [0.15, 0.2) is 18.2 Å². The van der Waals surface area contributed by atoms with Gasteiger partial charge in [0.1, 0.15) is 11.5 Å². The maximum Gasteiger partial charge on any atom is 0.119 e. The number of aromatic hydroxyl groups is 1. The van der Waals surface area contributed by atoms with Crippen molar-refractivity contribution in [3.8, 4) is 11.5 Å². The Morgan fingerprint density at radius 1 is 1.43 bits per heavy atom.